The fourth-order valence-electron chi connectivity index (χ4n) is 5.95. The second-order valence-corrected chi connectivity index (χ2v) is 12.0. The Morgan fingerprint density at radius 2 is 1.75 bits per heavy atom. The first-order valence-electron chi connectivity index (χ1n) is 12.8. The molecule has 186 valence electrons. The van der Waals surface area contributed by atoms with Gasteiger partial charge in [-0.25, -0.2) is 9.37 Å². The van der Waals surface area contributed by atoms with E-state index in [4.69, 9.17) is 4.52 Å². The number of rotatable bonds is 4. The molecule has 4 aromatic rings. The predicted octanol–water partition coefficient (Wildman–Crippen LogP) is 8.21. The average molecular weight is 502 g/mol. The van der Waals surface area contributed by atoms with Gasteiger partial charge in [-0.1, -0.05) is 54.6 Å². The molecule has 6 rings (SSSR count). The lowest BCUT2D eigenvalue weighted by atomic mass is 9.63. The number of fused-ring (bicyclic) bond motifs is 1. The van der Waals surface area contributed by atoms with E-state index in [-0.39, 0.29) is 17.2 Å². The molecule has 0 N–H and O–H groups in total. The summed E-state index contributed by atoms with van der Waals surface area (Å²) in [4.78, 5) is 6.98. The first kappa shape index (κ1) is 23.4. The van der Waals surface area contributed by atoms with E-state index in [1.54, 1.807) is 17.4 Å². The van der Waals surface area contributed by atoms with Gasteiger partial charge in [0, 0.05) is 30.1 Å². The van der Waals surface area contributed by atoms with Gasteiger partial charge in [0.15, 0.2) is 10.9 Å². The Labute approximate surface area is 215 Å². The number of anilines is 1. The molecule has 0 amide bonds. The van der Waals surface area contributed by atoms with E-state index in [0.717, 1.165) is 59.2 Å². The van der Waals surface area contributed by atoms with Gasteiger partial charge in [-0.05, 0) is 79.8 Å². The number of aryl methyl sites for hydroxylation is 3. The second-order valence-electron chi connectivity index (χ2n) is 11.0. The summed E-state index contributed by atoms with van der Waals surface area (Å²) < 4.78 is 21.3. The highest BCUT2D eigenvalue weighted by atomic mass is 32.1. The molecule has 1 aliphatic heterocycles. The van der Waals surface area contributed by atoms with Crippen LogP contribution in [0.2, 0.25) is 0 Å². The third-order valence-corrected chi connectivity index (χ3v) is 8.98. The molecule has 36 heavy (non-hydrogen) atoms. The normalized spacial score (nSPS) is 17.2. The quantitative estimate of drug-likeness (QED) is 0.283. The molecule has 1 saturated heterocycles. The van der Waals surface area contributed by atoms with Crippen molar-refractivity contribution in [3.63, 3.8) is 0 Å². The topological polar surface area (TPSA) is 42.2 Å². The maximum atomic E-state index is 14.4. The Morgan fingerprint density at radius 1 is 1.06 bits per heavy atom. The van der Waals surface area contributed by atoms with Crippen LogP contribution >= 0.6 is 11.3 Å². The highest BCUT2D eigenvalue weighted by molar-refractivity contribution is 7.22. The van der Waals surface area contributed by atoms with Gasteiger partial charge in [0.1, 0.15) is 17.0 Å². The number of hydrogen-bond donors (Lipinski definition) is 0. The molecular weight excluding hydrogens is 469 g/mol. The highest BCUT2D eigenvalue weighted by Gasteiger charge is 2.42. The van der Waals surface area contributed by atoms with Crippen LogP contribution in [0.25, 0.3) is 27.0 Å². The summed E-state index contributed by atoms with van der Waals surface area (Å²) in [6, 6.07) is 10.0. The molecule has 0 bridgehead atoms. The number of piperidine rings is 1. The van der Waals surface area contributed by atoms with Crippen molar-refractivity contribution in [3.8, 4) is 11.3 Å². The molecule has 6 heteroatoms. The number of nitrogens with zero attached hydrogens (tertiary/aromatic N) is 3. The number of halogens is 1. The summed E-state index contributed by atoms with van der Waals surface area (Å²) in [5, 5.41) is 5.53. The van der Waals surface area contributed by atoms with Gasteiger partial charge >= 0.3 is 0 Å². The zero-order chi connectivity index (χ0) is 25.2. The van der Waals surface area contributed by atoms with Gasteiger partial charge in [-0.3, -0.25) is 0 Å². The Bertz CT molecular complexity index is 1480. The van der Waals surface area contributed by atoms with Crippen molar-refractivity contribution in [2.45, 2.75) is 59.8 Å². The Kier molecular flexibility index (Phi) is 5.56. The van der Waals surface area contributed by atoms with Gasteiger partial charge in [-0.2, -0.15) is 0 Å². The van der Waals surface area contributed by atoms with Crippen molar-refractivity contribution >= 4 is 32.3 Å². The van der Waals surface area contributed by atoms with Crippen LogP contribution in [0.5, 0.6) is 0 Å². The number of hydrogen-bond acceptors (Lipinski definition) is 5. The number of benzene rings is 2. The first-order chi connectivity index (χ1) is 17.2. The van der Waals surface area contributed by atoms with E-state index in [1.807, 2.05) is 13.0 Å². The molecule has 0 atom stereocenters. The van der Waals surface area contributed by atoms with E-state index in [9.17, 15) is 4.39 Å². The molecule has 1 fully saturated rings. The van der Waals surface area contributed by atoms with Gasteiger partial charge in [-0.15, -0.1) is 0 Å². The molecule has 2 aromatic heterocycles. The van der Waals surface area contributed by atoms with E-state index < -0.39 is 0 Å². The van der Waals surface area contributed by atoms with Crippen LogP contribution in [0.3, 0.4) is 0 Å². The minimum absolute atomic E-state index is 0.216. The van der Waals surface area contributed by atoms with Crippen molar-refractivity contribution in [2.75, 3.05) is 18.0 Å². The predicted molar refractivity (Wildman–Crippen MR) is 146 cm³/mol. The minimum Gasteiger partial charge on any atom is -0.360 e. The lowest BCUT2D eigenvalue weighted by Crippen LogP contribution is -2.42. The maximum absolute atomic E-state index is 14.4. The average Bonchev–Trinajstić information content (AvgIpc) is 3.42. The van der Waals surface area contributed by atoms with Crippen LogP contribution in [0.4, 0.5) is 9.52 Å². The zero-order valence-corrected chi connectivity index (χ0v) is 22.4. The summed E-state index contributed by atoms with van der Waals surface area (Å²) in [5.74, 6) is 1.04. The molecule has 3 heterocycles. The van der Waals surface area contributed by atoms with E-state index in [2.05, 4.69) is 67.0 Å². The highest BCUT2D eigenvalue weighted by Crippen LogP contribution is 2.54. The monoisotopic (exact) mass is 501 g/mol. The smallest absolute Gasteiger partial charge is 0.186 e. The van der Waals surface area contributed by atoms with Gasteiger partial charge in [0.25, 0.3) is 0 Å². The van der Waals surface area contributed by atoms with E-state index in [1.165, 1.54) is 27.8 Å². The van der Waals surface area contributed by atoms with Gasteiger partial charge < -0.3 is 9.42 Å². The van der Waals surface area contributed by atoms with Crippen LogP contribution in [-0.4, -0.2) is 23.2 Å². The number of allylic oxidation sites excluding steroid dienone is 2. The minimum atomic E-state index is -0.220. The van der Waals surface area contributed by atoms with Gasteiger partial charge in [0.2, 0.25) is 0 Å². The first-order valence-corrected chi connectivity index (χ1v) is 13.7. The Balaban J connectivity index is 1.27. The molecule has 1 spiro atoms. The zero-order valence-electron chi connectivity index (χ0n) is 21.6. The molecule has 2 aliphatic rings. The molecule has 0 saturated carbocycles. The fourth-order valence-corrected chi connectivity index (χ4v) is 7.08. The maximum Gasteiger partial charge on any atom is 0.186 e. The van der Waals surface area contributed by atoms with Crippen molar-refractivity contribution in [1.82, 2.24) is 10.1 Å². The van der Waals surface area contributed by atoms with Crippen LogP contribution in [0, 0.1) is 32.0 Å². The van der Waals surface area contributed by atoms with Crippen LogP contribution in [0.15, 0.2) is 40.9 Å². The summed E-state index contributed by atoms with van der Waals surface area (Å²) in [6.07, 6.45) is 5.69. The van der Waals surface area contributed by atoms with Crippen molar-refractivity contribution < 1.29 is 8.91 Å². The van der Waals surface area contributed by atoms with Crippen molar-refractivity contribution in [3.05, 3.63) is 70.2 Å². The summed E-state index contributed by atoms with van der Waals surface area (Å²) in [7, 11) is 0. The summed E-state index contributed by atoms with van der Waals surface area (Å²) in [6.45, 7) is 12.5. The largest absolute Gasteiger partial charge is 0.360 e. The standard InChI is InChI=1S/C30H32FN3OS/c1-17(2)28-25(27(33-35-28)24-19(4)7-6-8-20(24)5)21-15-30(16-21)9-11-34(12-10-30)29-32-26-22(31)13-18(3)14-23(26)36-29/h6-8,13-15,17H,9-12,16H2,1-5H3. The Hall–Kier alpha value is -2.99. The second kappa shape index (κ2) is 8.55. The lowest BCUT2D eigenvalue weighted by Gasteiger charge is -2.46. The SMILES string of the molecule is Cc1cc(F)c2nc(N3CCC4(C=C(c5c(-c6c(C)cccc6C)noc5C(C)C)C4)CC3)sc2c1. The third kappa shape index (κ3) is 3.78. The molecule has 4 nitrogen and oxygen atoms in total. The van der Waals surface area contributed by atoms with Gasteiger partial charge in [0.05, 0.1) is 4.70 Å². The van der Waals surface area contributed by atoms with Crippen LogP contribution in [0.1, 0.15) is 67.0 Å². The van der Waals surface area contributed by atoms with Crippen molar-refractivity contribution in [1.29, 1.82) is 0 Å². The number of thiazole rings is 1. The molecular formula is C30H32FN3OS. The summed E-state index contributed by atoms with van der Waals surface area (Å²) >= 11 is 1.60. The molecule has 2 aromatic carbocycles. The summed E-state index contributed by atoms with van der Waals surface area (Å²) in [5.41, 5.74) is 8.85. The molecule has 0 unspecified atom stereocenters. The molecule has 1 aliphatic carbocycles. The number of aromatic nitrogens is 2. The van der Waals surface area contributed by atoms with E-state index >= 15 is 0 Å². The molecule has 0 radical (unpaired) electrons. The van der Waals surface area contributed by atoms with Crippen LogP contribution in [-0.2, 0) is 0 Å². The van der Waals surface area contributed by atoms with E-state index in [0.29, 0.717) is 5.52 Å². The Morgan fingerprint density at radius 3 is 2.42 bits per heavy atom. The van der Waals surface area contributed by atoms with Crippen molar-refractivity contribution in [2.24, 2.45) is 5.41 Å². The third-order valence-electron chi connectivity index (χ3n) is 7.92. The lowest BCUT2D eigenvalue weighted by molar-refractivity contribution is 0.277. The fraction of sp³-hybridized carbons (Fsp3) is 0.400. The van der Waals surface area contributed by atoms with Crippen LogP contribution < -0.4 is 4.90 Å².